The van der Waals surface area contributed by atoms with Gasteiger partial charge in [-0.2, -0.15) is 0 Å². The Morgan fingerprint density at radius 3 is 2.69 bits per heavy atom. The molecule has 0 bridgehead atoms. The zero-order chi connectivity index (χ0) is 25.4. The molecule has 14 heteroatoms. The van der Waals surface area contributed by atoms with Crippen molar-refractivity contribution < 1.29 is 32.8 Å². The van der Waals surface area contributed by atoms with E-state index in [1.165, 1.54) is 32.3 Å². The summed E-state index contributed by atoms with van der Waals surface area (Å²) in [4.78, 5) is 45.9. The van der Waals surface area contributed by atoms with Crippen molar-refractivity contribution >= 4 is 30.8 Å². The fourth-order valence-corrected chi connectivity index (χ4v) is 4.63. The fourth-order valence-electron chi connectivity index (χ4n) is 3.96. The predicted octanol–water partition coefficient (Wildman–Crippen LogP) is 3.50. The van der Waals surface area contributed by atoms with Gasteiger partial charge in [0, 0.05) is 42.2 Å². The Balaban J connectivity index is 1.76. The molecule has 2 amide bonds. The third-order valence-electron chi connectivity index (χ3n) is 5.42. The van der Waals surface area contributed by atoms with Gasteiger partial charge in [-0.15, -0.1) is 0 Å². The number of phosphoric ester groups is 1. The van der Waals surface area contributed by atoms with Crippen LogP contribution >= 0.6 is 7.82 Å². The Hall–Kier alpha value is -2.96. The minimum atomic E-state index is -4.79. The molecule has 5 N–H and O–H groups in total. The standard InChI is InChI=1S/C21H26FN6O6P/c1-4-23-20(29)28-19-26-13-8-12(16(22)15(17(13)27-19)14-6-5-7-33-14)11-9-24-18(25-10-11)21(2,3)34-35(30,31)32/h8-10,14H,4-7H2,1-3H3,(H2,30,31,32)(H3,23,26,27,28,29)/t14-/m1/s1. The minimum absolute atomic E-state index is 0.0126. The smallest absolute Gasteiger partial charge is 0.373 e. The second-order valence-electron chi connectivity index (χ2n) is 8.50. The Morgan fingerprint density at radius 1 is 1.37 bits per heavy atom. The molecule has 0 saturated carbocycles. The number of anilines is 1. The highest BCUT2D eigenvalue weighted by atomic mass is 31.2. The maximum absolute atomic E-state index is 15.9. The summed E-state index contributed by atoms with van der Waals surface area (Å²) < 4.78 is 37.7. The molecular weight excluding hydrogens is 482 g/mol. The number of aromatic nitrogens is 4. The molecular formula is C21H26FN6O6P. The molecule has 0 radical (unpaired) electrons. The second kappa shape index (κ2) is 9.59. The van der Waals surface area contributed by atoms with Gasteiger partial charge in [0.25, 0.3) is 0 Å². The lowest BCUT2D eigenvalue weighted by molar-refractivity contribution is 0.0556. The van der Waals surface area contributed by atoms with Crippen LogP contribution in [0.5, 0.6) is 0 Å². The van der Waals surface area contributed by atoms with Gasteiger partial charge in [0.15, 0.2) is 5.82 Å². The first-order valence-electron chi connectivity index (χ1n) is 11.0. The van der Waals surface area contributed by atoms with E-state index in [2.05, 4.69) is 30.6 Å². The fraction of sp³-hybridized carbons (Fsp3) is 0.429. The van der Waals surface area contributed by atoms with Crippen LogP contribution in [0.2, 0.25) is 0 Å². The average Bonchev–Trinajstić information content (AvgIpc) is 3.42. The lowest BCUT2D eigenvalue weighted by Crippen LogP contribution is -2.28. The number of halogens is 1. The molecule has 1 aromatic carbocycles. The van der Waals surface area contributed by atoms with Crippen LogP contribution in [-0.2, 0) is 19.4 Å². The molecule has 3 aromatic rings. The number of rotatable bonds is 7. The van der Waals surface area contributed by atoms with Crippen molar-refractivity contribution in [1.82, 2.24) is 25.3 Å². The maximum Gasteiger partial charge on any atom is 0.470 e. The molecule has 1 fully saturated rings. The predicted molar refractivity (Wildman–Crippen MR) is 124 cm³/mol. The summed E-state index contributed by atoms with van der Waals surface area (Å²) in [6, 6.07) is 1.06. The van der Waals surface area contributed by atoms with E-state index < -0.39 is 31.4 Å². The lowest BCUT2D eigenvalue weighted by Gasteiger charge is -2.23. The van der Waals surface area contributed by atoms with Crippen LogP contribution < -0.4 is 10.6 Å². The van der Waals surface area contributed by atoms with E-state index in [0.29, 0.717) is 41.7 Å². The highest BCUT2D eigenvalue weighted by molar-refractivity contribution is 7.46. The van der Waals surface area contributed by atoms with Gasteiger partial charge in [0.2, 0.25) is 5.95 Å². The molecule has 35 heavy (non-hydrogen) atoms. The zero-order valence-corrected chi connectivity index (χ0v) is 20.2. The summed E-state index contributed by atoms with van der Waals surface area (Å²) in [5.74, 6) is -0.372. The number of hydrogen-bond acceptors (Lipinski definition) is 7. The first kappa shape index (κ1) is 25.1. The van der Waals surface area contributed by atoms with E-state index >= 15 is 4.39 Å². The van der Waals surface area contributed by atoms with Crippen molar-refractivity contribution in [2.75, 3.05) is 18.5 Å². The summed E-state index contributed by atoms with van der Waals surface area (Å²) in [6.45, 7) is 5.53. The Kier molecular flexibility index (Phi) is 6.89. The normalized spacial score (nSPS) is 16.6. The van der Waals surface area contributed by atoms with Crippen molar-refractivity contribution in [2.24, 2.45) is 0 Å². The SMILES string of the molecule is CCNC(=O)Nc1nc2cc(-c3cnc(C(C)(C)OP(=O)(O)O)nc3)c(F)c([C@H]3CCCO3)c2[nH]1. The molecule has 0 spiro atoms. The Bertz CT molecular complexity index is 1290. The number of hydrogen-bond donors (Lipinski definition) is 5. The van der Waals surface area contributed by atoms with Gasteiger partial charge in [-0.05, 0) is 39.7 Å². The summed E-state index contributed by atoms with van der Waals surface area (Å²) in [5.41, 5.74) is 0.122. The highest BCUT2D eigenvalue weighted by Crippen LogP contribution is 2.44. The van der Waals surface area contributed by atoms with Gasteiger partial charge in [-0.3, -0.25) is 9.84 Å². The van der Waals surface area contributed by atoms with Crippen LogP contribution in [-0.4, -0.2) is 48.9 Å². The van der Waals surface area contributed by atoms with Gasteiger partial charge in [0.05, 0.1) is 17.1 Å². The number of benzene rings is 1. The molecule has 1 aliphatic heterocycles. The molecule has 12 nitrogen and oxygen atoms in total. The zero-order valence-electron chi connectivity index (χ0n) is 19.3. The van der Waals surface area contributed by atoms with E-state index in [4.69, 9.17) is 19.0 Å². The number of fused-ring (bicyclic) bond motifs is 1. The lowest BCUT2D eigenvalue weighted by atomic mass is 9.98. The number of phosphoric acid groups is 1. The third kappa shape index (κ3) is 5.49. The van der Waals surface area contributed by atoms with Crippen molar-refractivity contribution in [3.63, 3.8) is 0 Å². The summed E-state index contributed by atoms with van der Waals surface area (Å²) in [7, 11) is -4.79. The number of imidazole rings is 1. The van der Waals surface area contributed by atoms with Crippen LogP contribution in [0.4, 0.5) is 15.1 Å². The first-order chi connectivity index (χ1) is 16.5. The summed E-state index contributed by atoms with van der Waals surface area (Å²) in [6.07, 6.45) is 3.59. The molecule has 2 aromatic heterocycles. The number of nitrogens with zero attached hydrogens (tertiary/aromatic N) is 3. The van der Waals surface area contributed by atoms with Crippen LogP contribution in [0.1, 0.15) is 51.1 Å². The van der Waals surface area contributed by atoms with E-state index in [0.717, 1.165) is 6.42 Å². The van der Waals surface area contributed by atoms with Crippen molar-refractivity contribution in [2.45, 2.75) is 45.3 Å². The third-order valence-corrected chi connectivity index (χ3v) is 6.12. The average molecular weight is 508 g/mol. The molecule has 1 saturated heterocycles. The monoisotopic (exact) mass is 508 g/mol. The van der Waals surface area contributed by atoms with Crippen LogP contribution in [0.3, 0.4) is 0 Å². The quantitative estimate of drug-likeness (QED) is 0.300. The first-order valence-corrected chi connectivity index (χ1v) is 12.5. The van der Waals surface area contributed by atoms with Crippen molar-refractivity contribution in [3.05, 3.63) is 35.7 Å². The number of amides is 2. The number of carbonyl (C=O) groups is 1. The number of nitrogens with one attached hydrogen (secondary N) is 3. The highest BCUT2D eigenvalue weighted by Gasteiger charge is 2.34. The molecule has 3 heterocycles. The van der Waals surface area contributed by atoms with Gasteiger partial charge in [-0.1, -0.05) is 0 Å². The summed E-state index contributed by atoms with van der Waals surface area (Å²) >= 11 is 0. The van der Waals surface area contributed by atoms with Crippen molar-refractivity contribution in [1.29, 1.82) is 0 Å². The van der Waals surface area contributed by atoms with E-state index in [-0.39, 0.29) is 17.3 Å². The van der Waals surface area contributed by atoms with Crippen LogP contribution in [0.25, 0.3) is 22.2 Å². The number of carbonyl (C=O) groups excluding carboxylic acids is 1. The second-order valence-corrected chi connectivity index (χ2v) is 9.67. The molecule has 0 unspecified atom stereocenters. The topological polar surface area (TPSA) is 172 Å². The molecule has 1 aliphatic rings. The Labute approximate surface area is 199 Å². The number of urea groups is 1. The summed E-state index contributed by atoms with van der Waals surface area (Å²) in [5, 5.41) is 5.19. The minimum Gasteiger partial charge on any atom is -0.373 e. The van der Waals surface area contributed by atoms with E-state index in [1.807, 2.05) is 0 Å². The largest absolute Gasteiger partial charge is 0.470 e. The van der Waals surface area contributed by atoms with Gasteiger partial charge >= 0.3 is 13.9 Å². The van der Waals surface area contributed by atoms with E-state index in [1.54, 1.807) is 6.92 Å². The number of ether oxygens (including phenoxy) is 1. The van der Waals surface area contributed by atoms with Crippen LogP contribution in [0.15, 0.2) is 18.5 Å². The Morgan fingerprint density at radius 2 is 2.09 bits per heavy atom. The number of aromatic amines is 1. The van der Waals surface area contributed by atoms with Crippen molar-refractivity contribution in [3.8, 4) is 11.1 Å². The molecule has 188 valence electrons. The van der Waals surface area contributed by atoms with Gasteiger partial charge < -0.3 is 24.8 Å². The number of H-pyrrole nitrogens is 1. The molecule has 1 atom stereocenters. The van der Waals surface area contributed by atoms with Gasteiger partial charge in [-0.25, -0.2) is 28.7 Å². The van der Waals surface area contributed by atoms with Gasteiger partial charge in [0.1, 0.15) is 11.4 Å². The molecule has 0 aliphatic carbocycles. The molecule has 4 rings (SSSR count). The van der Waals surface area contributed by atoms with E-state index in [9.17, 15) is 9.36 Å². The maximum atomic E-state index is 15.9. The van der Waals surface area contributed by atoms with Crippen LogP contribution in [0, 0.1) is 5.82 Å².